The Morgan fingerprint density at radius 1 is 1.44 bits per heavy atom. The first-order chi connectivity index (χ1) is 15.0. The summed E-state index contributed by atoms with van der Waals surface area (Å²) in [5, 5.41) is 53.2. The number of aromatic amines is 1. The Morgan fingerprint density at radius 2 is 2.12 bits per heavy atom. The molecule has 0 aliphatic carbocycles. The summed E-state index contributed by atoms with van der Waals surface area (Å²) in [4.78, 5) is 26.8. The third-order valence-electron chi connectivity index (χ3n) is 5.16. The number of carbonyl (C=O) groups excluding carboxylic acids is 1. The lowest BCUT2D eigenvalue weighted by molar-refractivity contribution is -0.284. The van der Waals surface area contributed by atoms with Crippen molar-refractivity contribution in [3.63, 3.8) is 0 Å². The standard InChI is InChI=1S/C19H22BrClN2O9/c1-7(25)23-15-10(26)4-19(18(29)30,32-17(15)16(28)11(27)6-24)31-12-5-22-9-3-2-8(20)14(21)13(9)12/h2-3,5,10-11,15-17,22,24,26-28H,4,6H2,1H3,(H,23,25)(H,29,30). The number of aliphatic carboxylic acids is 1. The summed E-state index contributed by atoms with van der Waals surface area (Å²) in [6.45, 7) is 0.275. The van der Waals surface area contributed by atoms with Crippen molar-refractivity contribution < 1.29 is 44.6 Å². The van der Waals surface area contributed by atoms with Crippen LogP contribution in [0.4, 0.5) is 0 Å². The van der Waals surface area contributed by atoms with E-state index in [0.29, 0.717) is 15.4 Å². The molecule has 6 atom stereocenters. The lowest BCUT2D eigenvalue weighted by atomic mass is 9.88. The number of rotatable bonds is 7. The zero-order valence-electron chi connectivity index (χ0n) is 16.7. The van der Waals surface area contributed by atoms with E-state index in [2.05, 4.69) is 26.2 Å². The molecule has 176 valence electrons. The lowest BCUT2D eigenvalue weighted by Crippen LogP contribution is -2.68. The Bertz CT molecular complexity index is 1020. The van der Waals surface area contributed by atoms with E-state index in [1.807, 2.05) is 0 Å². The van der Waals surface area contributed by atoms with E-state index < -0.39 is 61.1 Å². The van der Waals surface area contributed by atoms with Crippen molar-refractivity contribution in [2.45, 2.75) is 49.6 Å². The average molecular weight is 538 g/mol. The first-order valence-corrected chi connectivity index (χ1v) is 10.6. The van der Waals surface area contributed by atoms with Gasteiger partial charge in [-0.2, -0.15) is 0 Å². The minimum Gasteiger partial charge on any atom is -0.476 e. The number of aliphatic hydroxyl groups is 4. The summed E-state index contributed by atoms with van der Waals surface area (Å²) < 4.78 is 11.9. The fourth-order valence-corrected chi connectivity index (χ4v) is 4.21. The van der Waals surface area contributed by atoms with E-state index in [1.165, 1.54) is 6.20 Å². The number of nitrogens with one attached hydrogen (secondary N) is 2. The molecule has 6 unspecified atom stereocenters. The van der Waals surface area contributed by atoms with Crippen molar-refractivity contribution in [3.05, 3.63) is 27.8 Å². The zero-order valence-corrected chi connectivity index (χ0v) is 19.0. The SMILES string of the molecule is CC(=O)NC1C(O)CC(Oc2c[nH]c3ccc(Br)c(Cl)c23)(C(=O)O)OC1C(O)C(O)CO. The number of halogens is 2. The molecule has 0 saturated carbocycles. The number of fused-ring (bicyclic) bond motifs is 1. The van der Waals surface area contributed by atoms with E-state index in [-0.39, 0.29) is 10.8 Å². The number of aliphatic hydroxyl groups excluding tert-OH is 4. The summed E-state index contributed by atoms with van der Waals surface area (Å²) >= 11 is 9.61. The molecule has 1 fully saturated rings. The van der Waals surface area contributed by atoms with Gasteiger partial charge in [0, 0.05) is 17.6 Å². The van der Waals surface area contributed by atoms with Crippen molar-refractivity contribution in [2.75, 3.05) is 6.61 Å². The molecule has 1 saturated heterocycles. The van der Waals surface area contributed by atoms with Gasteiger partial charge in [0.2, 0.25) is 5.91 Å². The zero-order chi connectivity index (χ0) is 23.8. The molecule has 1 aliphatic heterocycles. The third kappa shape index (κ3) is 4.57. The number of ether oxygens (including phenoxy) is 2. The Kier molecular flexibility index (Phi) is 7.34. The second-order valence-electron chi connectivity index (χ2n) is 7.42. The third-order valence-corrected chi connectivity index (χ3v) is 6.44. The van der Waals surface area contributed by atoms with Gasteiger partial charge < -0.3 is 45.3 Å². The van der Waals surface area contributed by atoms with Gasteiger partial charge in [0.05, 0.1) is 41.1 Å². The fourth-order valence-electron chi connectivity index (χ4n) is 3.62. The predicted octanol–water partition coefficient (Wildman–Crippen LogP) is 0.112. The first kappa shape index (κ1) is 24.7. The van der Waals surface area contributed by atoms with Gasteiger partial charge in [0.1, 0.15) is 18.3 Å². The Labute approximate surface area is 195 Å². The van der Waals surface area contributed by atoms with E-state index in [0.717, 1.165) is 6.92 Å². The van der Waals surface area contributed by atoms with Crippen LogP contribution in [0.5, 0.6) is 5.75 Å². The molecular formula is C19H22BrClN2O9. The summed E-state index contributed by atoms with van der Waals surface area (Å²) in [5.41, 5.74) is 0.536. The largest absolute Gasteiger partial charge is 0.476 e. The van der Waals surface area contributed by atoms with E-state index in [4.69, 9.17) is 21.1 Å². The van der Waals surface area contributed by atoms with Crippen LogP contribution in [0.15, 0.2) is 22.8 Å². The van der Waals surface area contributed by atoms with Crippen molar-refractivity contribution >= 4 is 50.3 Å². The van der Waals surface area contributed by atoms with E-state index >= 15 is 0 Å². The number of hydrogen-bond acceptors (Lipinski definition) is 8. The molecule has 0 bridgehead atoms. The maximum absolute atomic E-state index is 12.3. The summed E-state index contributed by atoms with van der Waals surface area (Å²) in [6, 6.07) is 2.07. The van der Waals surface area contributed by atoms with Gasteiger partial charge in [-0.05, 0) is 28.1 Å². The maximum atomic E-state index is 12.3. The lowest BCUT2D eigenvalue weighted by Gasteiger charge is -2.46. The highest BCUT2D eigenvalue weighted by molar-refractivity contribution is 9.10. The monoisotopic (exact) mass is 536 g/mol. The average Bonchev–Trinajstić information content (AvgIpc) is 3.14. The Balaban J connectivity index is 2.05. The Morgan fingerprint density at radius 3 is 2.72 bits per heavy atom. The highest BCUT2D eigenvalue weighted by Crippen LogP contribution is 2.41. The van der Waals surface area contributed by atoms with Crippen LogP contribution in [0.2, 0.25) is 5.02 Å². The van der Waals surface area contributed by atoms with Crippen molar-refractivity contribution in [1.29, 1.82) is 0 Å². The van der Waals surface area contributed by atoms with Crippen LogP contribution in [0, 0.1) is 0 Å². The minimum absolute atomic E-state index is 0.00479. The minimum atomic E-state index is -2.52. The number of benzene rings is 1. The van der Waals surface area contributed by atoms with Gasteiger partial charge in [-0.1, -0.05) is 11.6 Å². The second kappa shape index (κ2) is 9.51. The van der Waals surface area contributed by atoms with Crippen LogP contribution < -0.4 is 10.1 Å². The van der Waals surface area contributed by atoms with Gasteiger partial charge in [-0.15, -0.1) is 0 Å². The van der Waals surface area contributed by atoms with E-state index in [1.54, 1.807) is 12.1 Å². The van der Waals surface area contributed by atoms with Gasteiger partial charge >= 0.3 is 11.8 Å². The predicted molar refractivity (Wildman–Crippen MR) is 114 cm³/mol. The molecule has 3 rings (SSSR count). The van der Waals surface area contributed by atoms with Gasteiger partial charge in [0.25, 0.3) is 0 Å². The van der Waals surface area contributed by atoms with Crippen LogP contribution in [0.25, 0.3) is 10.9 Å². The van der Waals surface area contributed by atoms with Crippen LogP contribution in [-0.4, -0.2) is 85.2 Å². The van der Waals surface area contributed by atoms with Gasteiger partial charge in [-0.25, -0.2) is 4.79 Å². The van der Waals surface area contributed by atoms with Crippen LogP contribution >= 0.6 is 27.5 Å². The smallest absolute Gasteiger partial charge is 0.377 e. The molecule has 0 radical (unpaired) electrons. The number of H-pyrrole nitrogens is 1. The molecule has 1 aromatic carbocycles. The molecular weight excluding hydrogens is 516 g/mol. The van der Waals surface area contributed by atoms with Gasteiger partial charge in [-0.3, -0.25) is 4.79 Å². The van der Waals surface area contributed by atoms with Crippen LogP contribution in [0.1, 0.15) is 13.3 Å². The van der Waals surface area contributed by atoms with Gasteiger partial charge in [0.15, 0.2) is 5.75 Å². The number of hydrogen-bond donors (Lipinski definition) is 7. The molecule has 1 aromatic heterocycles. The highest BCUT2D eigenvalue weighted by atomic mass is 79.9. The molecule has 32 heavy (non-hydrogen) atoms. The highest BCUT2D eigenvalue weighted by Gasteiger charge is 2.57. The number of carboxylic acids is 1. The molecule has 13 heteroatoms. The van der Waals surface area contributed by atoms with Crippen molar-refractivity contribution in [1.82, 2.24) is 10.3 Å². The number of amides is 1. The molecule has 2 heterocycles. The molecule has 7 N–H and O–H groups in total. The molecule has 11 nitrogen and oxygen atoms in total. The van der Waals surface area contributed by atoms with Crippen molar-refractivity contribution in [2.24, 2.45) is 0 Å². The van der Waals surface area contributed by atoms with E-state index in [9.17, 15) is 35.1 Å². The molecule has 0 spiro atoms. The Hall–Kier alpha value is -1.93. The molecule has 1 amide bonds. The maximum Gasteiger partial charge on any atom is 0.377 e. The normalized spacial score (nSPS) is 27.7. The fraction of sp³-hybridized carbons (Fsp3) is 0.474. The summed E-state index contributed by atoms with van der Waals surface area (Å²) in [7, 11) is 0. The van der Waals surface area contributed by atoms with Crippen molar-refractivity contribution in [3.8, 4) is 5.75 Å². The summed E-state index contributed by atoms with van der Waals surface area (Å²) in [5.74, 6) is -4.75. The van der Waals surface area contributed by atoms with Crippen LogP contribution in [-0.2, 0) is 14.3 Å². The van der Waals surface area contributed by atoms with Crippen LogP contribution in [0.3, 0.4) is 0 Å². The molecule has 2 aromatic rings. The topological polar surface area (TPSA) is 182 Å². The quantitative estimate of drug-likeness (QED) is 0.258. The first-order valence-electron chi connectivity index (χ1n) is 9.48. The second-order valence-corrected chi connectivity index (χ2v) is 8.65. The molecule has 1 aliphatic rings. The number of carboxylic acid groups (broad SMARTS) is 1. The number of aromatic nitrogens is 1. The summed E-state index contributed by atoms with van der Waals surface area (Å²) in [6.07, 6.45) is -6.09. The number of carbonyl (C=O) groups is 2.